The highest BCUT2D eigenvalue weighted by Gasteiger charge is 2.41. The fourth-order valence-corrected chi connectivity index (χ4v) is 4.04. The van der Waals surface area contributed by atoms with Gasteiger partial charge in [-0.25, -0.2) is 0 Å². The molecule has 2 N–H and O–H groups in total. The molecule has 11 heteroatoms. The van der Waals surface area contributed by atoms with Crippen LogP contribution < -0.4 is 10.0 Å². The normalized spacial score (nSPS) is 23.1. The number of rotatable bonds is 3. The van der Waals surface area contributed by atoms with Crippen LogP contribution in [0.2, 0.25) is 0 Å². The number of hydrogen-bond donors (Lipinski definition) is 2. The largest absolute Gasteiger partial charge is 0.468 e. The van der Waals surface area contributed by atoms with Crippen LogP contribution in [0.3, 0.4) is 0 Å². The highest BCUT2D eigenvalue weighted by molar-refractivity contribution is 7.87. The monoisotopic (exact) mass is 403 g/mol. The fourth-order valence-electron chi connectivity index (χ4n) is 2.79. The summed E-state index contributed by atoms with van der Waals surface area (Å²) < 4.78 is 71.4. The quantitative estimate of drug-likeness (QED) is 0.824. The molecule has 1 aliphatic rings. The first-order chi connectivity index (χ1) is 12.6. The van der Waals surface area contributed by atoms with E-state index in [1.165, 1.54) is 19.4 Å². The number of benzene rings is 1. The molecule has 0 aliphatic carbocycles. The number of amides is 1. The SMILES string of the molecule is CN1[C@@H](C(=O)Nc2cccc(C(F)(F)F)c2)C[C@@H](c2ccco2)NS1(=O)=O. The second-order valence-corrected chi connectivity index (χ2v) is 7.79. The molecule has 7 nitrogen and oxygen atoms in total. The summed E-state index contributed by atoms with van der Waals surface area (Å²) in [6.07, 6.45) is -3.13. The maximum Gasteiger partial charge on any atom is 0.416 e. The first-order valence-corrected chi connectivity index (χ1v) is 9.29. The maximum absolute atomic E-state index is 12.8. The Bertz CT molecular complexity index is 929. The zero-order chi connectivity index (χ0) is 19.8. The van der Waals surface area contributed by atoms with E-state index >= 15 is 0 Å². The number of anilines is 1. The number of halogens is 3. The summed E-state index contributed by atoms with van der Waals surface area (Å²) in [6, 6.07) is 5.39. The van der Waals surface area contributed by atoms with E-state index in [1.54, 1.807) is 12.1 Å². The van der Waals surface area contributed by atoms with Crippen LogP contribution in [0.25, 0.3) is 0 Å². The first kappa shape index (κ1) is 19.4. The van der Waals surface area contributed by atoms with Gasteiger partial charge in [0.05, 0.1) is 17.9 Å². The van der Waals surface area contributed by atoms with Gasteiger partial charge in [0.1, 0.15) is 11.8 Å². The Labute approximate surface area is 153 Å². The molecule has 2 atom stereocenters. The zero-order valence-electron chi connectivity index (χ0n) is 14.0. The molecule has 27 heavy (non-hydrogen) atoms. The Morgan fingerprint density at radius 2 is 2.04 bits per heavy atom. The minimum absolute atomic E-state index is 0.0496. The van der Waals surface area contributed by atoms with Crippen LogP contribution >= 0.6 is 0 Å². The lowest BCUT2D eigenvalue weighted by Gasteiger charge is -2.35. The van der Waals surface area contributed by atoms with Gasteiger partial charge in [0.2, 0.25) is 5.91 Å². The third-order valence-corrected chi connectivity index (χ3v) is 5.81. The smallest absolute Gasteiger partial charge is 0.416 e. The molecule has 2 aromatic rings. The molecule has 0 radical (unpaired) electrons. The van der Waals surface area contributed by atoms with Crippen LogP contribution in [0, 0.1) is 0 Å². The van der Waals surface area contributed by atoms with Crippen molar-refractivity contribution in [2.24, 2.45) is 0 Å². The van der Waals surface area contributed by atoms with Crippen molar-refractivity contribution in [1.82, 2.24) is 9.03 Å². The van der Waals surface area contributed by atoms with E-state index < -0.39 is 39.9 Å². The molecule has 0 spiro atoms. The number of furan rings is 1. The summed E-state index contributed by atoms with van der Waals surface area (Å²) >= 11 is 0. The van der Waals surface area contributed by atoms with Gasteiger partial charge in [-0.15, -0.1) is 0 Å². The molecule has 0 bridgehead atoms. The number of carbonyl (C=O) groups is 1. The van der Waals surface area contributed by atoms with Gasteiger partial charge in [0.25, 0.3) is 10.2 Å². The maximum atomic E-state index is 12.8. The van der Waals surface area contributed by atoms with Gasteiger partial charge >= 0.3 is 6.18 Å². The van der Waals surface area contributed by atoms with Crippen molar-refractivity contribution in [3.63, 3.8) is 0 Å². The molecular formula is C16H16F3N3O4S. The van der Waals surface area contributed by atoms with E-state index in [-0.39, 0.29) is 12.1 Å². The van der Waals surface area contributed by atoms with Gasteiger partial charge in [-0.05, 0) is 36.8 Å². The van der Waals surface area contributed by atoms with Gasteiger partial charge in [-0.1, -0.05) is 6.07 Å². The second-order valence-electron chi connectivity index (χ2n) is 6.03. The minimum Gasteiger partial charge on any atom is -0.468 e. The Kier molecular flexibility index (Phi) is 5.02. The van der Waals surface area contributed by atoms with Crippen molar-refractivity contribution in [1.29, 1.82) is 0 Å². The molecule has 1 aromatic heterocycles. The van der Waals surface area contributed by atoms with Crippen molar-refractivity contribution in [2.45, 2.75) is 24.7 Å². The number of nitrogens with zero attached hydrogens (tertiary/aromatic N) is 1. The fraction of sp³-hybridized carbons (Fsp3) is 0.312. The second kappa shape index (κ2) is 6.98. The Balaban J connectivity index is 1.82. The third kappa shape index (κ3) is 4.15. The third-order valence-electron chi connectivity index (χ3n) is 4.21. The number of nitrogens with one attached hydrogen (secondary N) is 2. The zero-order valence-corrected chi connectivity index (χ0v) is 14.8. The summed E-state index contributed by atoms with van der Waals surface area (Å²) in [5.41, 5.74) is -0.992. The molecule has 1 fully saturated rings. The standard InChI is InChI=1S/C16H16F3N3O4S/c1-22-13(9-12(21-27(22,24)25)14-6-3-7-26-14)15(23)20-11-5-2-4-10(8-11)16(17,18)19/h2-8,12-13,21H,9H2,1H3,(H,20,23)/t12-,13+/m0/s1. The summed E-state index contributed by atoms with van der Waals surface area (Å²) in [4.78, 5) is 12.6. The van der Waals surface area contributed by atoms with E-state index in [2.05, 4.69) is 10.0 Å². The van der Waals surface area contributed by atoms with E-state index in [9.17, 15) is 26.4 Å². The van der Waals surface area contributed by atoms with Crippen molar-refractivity contribution >= 4 is 21.8 Å². The Morgan fingerprint density at radius 3 is 2.67 bits per heavy atom. The van der Waals surface area contributed by atoms with Crippen LogP contribution in [0.4, 0.5) is 18.9 Å². The molecule has 0 saturated carbocycles. The average molecular weight is 403 g/mol. The summed E-state index contributed by atoms with van der Waals surface area (Å²) in [7, 11) is -2.75. The molecule has 1 saturated heterocycles. The van der Waals surface area contributed by atoms with E-state index in [0.717, 1.165) is 22.5 Å². The molecule has 2 heterocycles. The van der Waals surface area contributed by atoms with Crippen LogP contribution in [0.1, 0.15) is 23.8 Å². The number of carbonyl (C=O) groups excluding carboxylic acids is 1. The highest BCUT2D eigenvalue weighted by atomic mass is 32.2. The Morgan fingerprint density at radius 1 is 1.30 bits per heavy atom. The first-order valence-electron chi connectivity index (χ1n) is 7.85. The molecule has 1 aromatic carbocycles. The lowest BCUT2D eigenvalue weighted by Crippen LogP contribution is -2.55. The van der Waals surface area contributed by atoms with E-state index in [4.69, 9.17) is 4.42 Å². The predicted octanol–water partition coefficient (Wildman–Crippen LogP) is 2.52. The molecule has 0 unspecified atom stereocenters. The van der Waals surface area contributed by atoms with Crippen molar-refractivity contribution in [3.8, 4) is 0 Å². The van der Waals surface area contributed by atoms with E-state index in [0.29, 0.717) is 5.76 Å². The van der Waals surface area contributed by atoms with Gasteiger partial charge in [-0.2, -0.15) is 30.6 Å². The van der Waals surface area contributed by atoms with Crippen molar-refractivity contribution < 1.29 is 30.8 Å². The van der Waals surface area contributed by atoms with Crippen LogP contribution in [-0.4, -0.2) is 31.7 Å². The number of likely N-dealkylation sites (N-methyl/N-ethyl adjacent to an activating group) is 1. The molecule has 1 aliphatic heterocycles. The average Bonchev–Trinajstić information content (AvgIpc) is 3.11. The summed E-state index contributed by atoms with van der Waals surface area (Å²) in [6.45, 7) is 0. The predicted molar refractivity (Wildman–Crippen MR) is 89.7 cm³/mol. The molecular weight excluding hydrogens is 387 g/mol. The number of hydrogen-bond acceptors (Lipinski definition) is 4. The van der Waals surface area contributed by atoms with Gasteiger partial charge in [0, 0.05) is 12.7 Å². The van der Waals surface area contributed by atoms with Crippen molar-refractivity contribution in [3.05, 3.63) is 54.0 Å². The Hall–Kier alpha value is -2.37. The molecule has 146 valence electrons. The van der Waals surface area contributed by atoms with E-state index in [1.807, 2.05) is 0 Å². The summed E-state index contributed by atoms with van der Waals surface area (Å²) in [5, 5.41) is 2.35. The number of alkyl halides is 3. The minimum atomic E-state index is -4.56. The van der Waals surface area contributed by atoms with Crippen molar-refractivity contribution in [2.75, 3.05) is 12.4 Å². The van der Waals surface area contributed by atoms with Crippen LogP contribution in [-0.2, 0) is 21.2 Å². The van der Waals surface area contributed by atoms with Crippen LogP contribution in [0.15, 0.2) is 47.1 Å². The topological polar surface area (TPSA) is 91.7 Å². The highest BCUT2D eigenvalue weighted by Crippen LogP contribution is 2.32. The van der Waals surface area contributed by atoms with Gasteiger partial charge in [-0.3, -0.25) is 4.79 Å². The lowest BCUT2D eigenvalue weighted by atomic mass is 10.0. The summed E-state index contributed by atoms with van der Waals surface area (Å²) in [5.74, 6) is -0.401. The molecule has 1 amide bonds. The van der Waals surface area contributed by atoms with Gasteiger partial charge < -0.3 is 9.73 Å². The lowest BCUT2D eigenvalue weighted by molar-refractivity contribution is -0.137. The molecule has 3 rings (SSSR count). The van der Waals surface area contributed by atoms with Gasteiger partial charge in [0.15, 0.2) is 0 Å². The van der Waals surface area contributed by atoms with Crippen LogP contribution in [0.5, 0.6) is 0 Å².